The van der Waals surface area contributed by atoms with Crippen molar-refractivity contribution < 1.29 is 14.8 Å². The average Bonchev–Trinajstić information content (AvgIpc) is 1.98. The van der Waals surface area contributed by atoms with E-state index in [9.17, 15) is 4.79 Å². The average molecular weight is 202 g/mol. The van der Waals surface area contributed by atoms with Gasteiger partial charge in [-0.25, -0.2) is 0 Å². The molecular weight excluding hydrogens is 183 g/mol. The van der Waals surface area contributed by atoms with E-state index in [0.717, 1.165) is 0 Å². The van der Waals surface area contributed by atoms with Crippen molar-refractivity contribution >= 4 is 13.0 Å². The van der Waals surface area contributed by atoms with Crippen molar-refractivity contribution in [3.8, 4) is 0 Å². The van der Waals surface area contributed by atoms with Crippen molar-refractivity contribution in [1.82, 2.24) is 4.90 Å². The number of amides is 1. The van der Waals surface area contributed by atoms with Crippen LogP contribution < -0.4 is 5.73 Å². The molecule has 0 spiro atoms. The maximum absolute atomic E-state index is 11.6. The second-order valence-electron chi connectivity index (χ2n) is 4.54. The molecule has 0 bridgehead atoms. The van der Waals surface area contributed by atoms with E-state index in [1.807, 2.05) is 20.8 Å². The number of rotatable bonds is 3. The fraction of sp³-hybridized carbons (Fsp3) is 0.875. The molecule has 0 unspecified atom stereocenters. The smallest absolute Gasteiger partial charge is 0.426 e. The molecule has 0 aromatic heterocycles. The molecule has 0 aliphatic heterocycles. The Bertz CT molecular complexity index is 203. The minimum atomic E-state index is -1.52. The van der Waals surface area contributed by atoms with Crippen LogP contribution in [0, 0.1) is 5.41 Å². The third-order valence-electron chi connectivity index (χ3n) is 2.01. The summed E-state index contributed by atoms with van der Waals surface area (Å²) in [6.07, 6.45) is -0.122. The molecule has 0 aliphatic carbocycles. The molecule has 0 aliphatic rings. The Morgan fingerprint density at radius 1 is 1.50 bits per heavy atom. The van der Waals surface area contributed by atoms with Gasteiger partial charge in [0.15, 0.2) is 0 Å². The predicted octanol–water partition coefficient (Wildman–Crippen LogP) is -1.17. The van der Waals surface area contributed by atoms with Crippen LogP contribution >= 0.6 is 0 Å². The summed E-state index contributed by atoms with van der Waals surface area (Å²) in [5, 5.41) is 17.4. The summed E-state index contributed by atoms with van der Waals surface area (Å²) in [6.45, 7) is 5.58. The van der Waals surface area contributed by atoms with E-state index >= 15 is 0 Å². The van der Waals surface area contributed by atoms with E-state index in [1.165, 1.54) is 11.9 Å². The van der Waals surface area contributed by atoms with Gasteiger partial charge in [-0.15, -0.1) is 0 Å². The lowest BCUT2D eigenvalue weighted by Crippen LogP contribution is -2.51. The zero-order valence-electron chi connectivity index (χ0n) is 9.19. The molecule has 1 amide bonds. The van der Waals surface area contributed by atoms with Crippen LogP contribution in [0.4, 0.5) is 0 Å². The van der Waals surface area contributed by atoms with Crippen LogP contribution in [0.25, 0.3) is 0 Å². The van der Waals surface area contributed by atoms with Gasteiger partial charge in [-0.3, -0.25) is 4.79 Å². The Labute approximate surface area is 85.0 Å². The van der Waals surface area contributed by atoms with Crippen LogP contribution in [-0.4, -0.2) is 47.5 Å². The summed E-state index contributed by atoms with van der Waals surface area (Å²) < 4.78 is 0. The largest absolute Gasteiger partial charge is 0.472 e. The summed E-state index contributed by atoms with van der Waals surface area (Å²) in [5.74, 6) is -0.286. The summed E-state index contributed by atoms with van der Waals surface area (Å²) in [5.41, 5.74) is 5.39. The van der Waals surface area contributed by atoms with Gasteiger partial charge in [-0.2, -0.15) is 0 Å². The van der Waals surface area contributed by atoms with Crippen LogP contribution in [0.3, 0.4) is 0 Å². The summed E-state index contributed by atoms with van der Waals surface area (Å²) in [6, 6.07) is -0.633. The number of nitrogens with two attached hydrogens (primary N) is 1. The van der Waals surface area contributed by atoms with Gasteiger partial charge in [0, 0.05) is 7.05 Å². The van der Waals surface area contributed by atoms with Crippen molar-refractivity contribution in [1.29, 1.82) is 0 Å². The van der Waals surface area contributed by atoms with Gasteiger partial charge in [-0.1, -0.05) is 20.8 Å². The summed E-state index contributed by atoms with van der Waals surface area (Å²) >= 11 is 0. The van der Waals surface area contributed by atoms with Gasteiger partial charge in [0.2, 0.25) is 5.91 Å². The van der Waals surface area contributed by atoms with Crippen LogP contribution in [0.5, 0.6) is 0 Å². The Morgan fingerprint density at radius 3 is 2.21 bits per heavy atom. The van der Waals surface area contributed by atoms with Crippen molar-refractivity contribution in [2.75, 3.05) is 13.5 Å². The molecule has 0 radical (unpaired) electrons. The molecule has 0 aromatic carbocycles. The highest BCUT2D eigenvalue weighted by atomic mass is 16.4. The second-order valence-corrected chi connectivity index (χ2v) is 4.54. The summed E-state index contributed by atoms with van der Waals surface area (Å²) in [4.78, 5) is 12.8. The molecule has 0 aromatic rings. The first-order valence-electron chi connectivity index (χ1n) is 4.53. The maximum atomic E-state index is 11.6. The van der Waals surface area contributed by atoms with Gasteiger partial charge in [0.05, 0.1) is 12.5 Å². The highest BCUT2D eigenvalue weighted by molar-refractivity contribution is 6.41. The van der Waals surface area contributed by atoms with E-state index in [-0.39, 0.29) is 17.8 Å². The fourth-order valence-electron chi connectivity index (χ4n) is 0.943. The van der Waals surface area contributed by atoms with Crippen LogP contribution in [0.1, 0.15) is 20.8 Å². The molecule has 0 fully saturated rings. The van der Waals surface area contributed by atoms with Gasteiger partial charge in [-0.05, 0) is 5.41 Å². The standard InChI is InChI=1S/C8H19BN2O3/c1-8(2,3)6(10)7(12)11(4)5-9(13)14/h6,13-14H,5,10H2,1-4H3/t6-/m1/s1. The highest BCUT2D eigenvalue weighted by Gasteiger charge is 2.30. The maximum Gasteiger partial charge on any atom is 0.472 e. The van der Waals surface area contributed by atoms with Crippen molar-refractivity contribution in [2.24, 2.45) is 11.1 Å². The van der Waals surface area contributed by atoms with E-state index in [0.29, 0.717) is 0 Å². The molecule has 1 atom stereocenters. The highest BCUT2D eigenvalue weighted by Crippen LogP contribution is 2.18. The number of carbonyl (C=O) groups excluding carboxylic acids is 1. The minimum absolute atomic E-state index is 0.122. The monoisotopic (exact) mass is 202 g/mol. The first-order valence-corrected chi connectivity index (χ1v) is 4.53. The second kappa shape index (κ2) is 4.77. The lowest BCUT2D eigenvalue weighted by Gasteiger charge is -2.29. The Kier molecular flexibility index (Phi) is 4.57. The van der Waals surface area contributed by atoms with E-state index in [4.69, 9.17) is 15.8 Å². The third-order valence-corrected chi connectivity index (χ3v) is 2.01. The van der Waals surface area contributed by atoms with Crippen LogP contribution in [0.15, 0.2) is 0 Å². The zero-order valence-corrected chi connectivity index (χ0v) is 9.19. The van der Waals surface area contributed by atoms with Gasteiger partial charge in [0.1, 0.15) is 0 Å². The zero-order chi connectivity index (χ0) is 11.5. The van der Waals surface area contributed by atoms with Crippen molar-refractivity contribution in [3.63, 3.8) is 0 Å². The molecule has 14 heavy (non-hydrogen) atoms. The van der Waals surface area contributed by atoms with Crippen molar-refractivity contribution in [3.05, 3.63) is 0 Å². The number of likely N-dealkylation sites (N-methyl/N-ethyl adjacent to an activating group) is 1. The van der Waals surface area contributed by atoms with Crippen molar-refractivity contribution in [2.45, 2.75) is 26.8 Å². The molecule has 82 valence electrons. The Hall–Kier alpha value is -0.585. The molecule has 5 nitrogen and oxygen atoms in total. The predicted molar refractivity (Wildman–Crippen MR) is 55.3 cm³/mol. The number of hydrogen-bond donors (Lipinski definition) is 3. The van der Waals surface area contributed by atoms with Crippen LogP contribution in [0.2, 0.25) is 0 Å². The SMILES string of the molecule is CN(CB(O)O)C(=O)[C@@H](N)C(C)(C)C. The van der Waals surface area contributed by atoms with E-state index in [2.05, 4.69) is 0 Å². The van der Waals surface area contributed by atoms with Crippen LogP contribution in [-0.2, 0) is 4.79 Å². The molecule has 0 rings (SSSR count). The van der Waals surface area contributed by atoms with Gasteiger partial charge >= 0.3 is 7.12 Å². The minimum Gasteiger partial charge on any atom is -0.426 e. The lowest BCUT2D eigenvalue weighted by molar-refractivity contribution is -0.133. The van der Waals surface area contributed by atoms with E-state index < -0.39 is 13.2 Å². The number of hydrogen-bond acceptors (Lipinski definition) is 4. The summed E-state index contributed by atoms with van der Waals surface area (Å²) in [7, 11) is -0.0241. The normalized spacial score (nSPS) is 13.6. The lowest BCUT2D eigenvalue weighted by atomic mass is 9.85. The molecular formula is C8H19BN2O3. The van der Waals surface area contributed by atoms with E-state index in [1.54, 1.807) is 0 Å². The fourth-order valence-corrected chi connectivity index (χ4v) is 0.943. The quantitative estimate of drug-likeness (QED) is 0.503. The van der Waals surface area contributed by atoms with Gasteiger partial charge in [0.25, 0.3) is 0 Å². The molecule has 0 saturated heterocycles. The third kappa shape index (κ3) is 4.08. The Balaban J connectivity index is 4.32. The first-order chi connectivity index (χ1) is 6.16. The van der Waals surface area contributed by atoms with Gasteiger partial charge < -0.3 is 20.7 Å². The Morgan fingerprint density at radius 2 is 1.93 bits per heavy atom. The number of carbonyl (C=O) groups is 1. The molecule has 0 saturated carbocycles. The molecule has 4 N–H and O–H groups in total. The molecule has 6 heteroatoms. The first kappa shape index (κ1) is 13.4. The topological polar surface area (TPSA) is 86.8 Å². The molecule has 0 heterocycles. The number of nitrogens with zero attached hydrogens (tertiary/aromatic N) is 1.